The van der Waals surface area contributed by atoms with Crippen LogP contribution in [-0.4, -0.2) is 31.1 Å². The molecular formula is C23H28N2O3. The molecule has 2 aromatic rings. The van der Waals surface area contributed by atoms with E-state index in [1.165, 1.54) is 5.56 Å². The number of anilines is 2. The van der Waals surface area contributed by atoms with Gasteiger partial charge in [0.15, 0.2) is 0 Å². The zero-order valence-corrected chi connectivity index (χ0v) is 17.0. The molecule has 148 valence electrons. The maximum Gasteiger partial charge on any atom is 0.411 e. The van der Waals surface area contributed by atoms with Crippen LogP contribution in [-0.2, 0) is 4.74 Å². The van der Waals surface area contributed by atoms with Crippen molar-refractivity contribution in [3.05, 3.63) is 59.2 Å². The van der Waals surface area contributed by atoms with Gasteiger partial charge in [0.25, 0.3) is 0 Å². The Hall–Kier alpha value is -2.82. The maximum atomic E-state index is 12.1. The van der Waals surface area contributed by atoms with E-state index in [-0.39, 0.29) is 12.1 Å². The summed E-state index contributed by atoms with van der Waals surface area (Å²) in [6, 6.07) is 13.3. The van der Waals surface area contributed by atoms with E-state index in [1.54, 1.807) is 0 Å². The van der Waals surface area contributed by atoms with Gasteiger partial charge in [-0.05, 0) is 68.5 Å². The zero-order valence-electron chi connectivity index (χ0n) is 17.0. The molecule has 0 saturated heterocycles. The van der Waals surface area contributed by atoms with Gasteiger partial charge in [-0.2, -0.15) is 0 Å². The Labute approximate surface area is 166 Å². The second kappa shape index (κ2) is 8.05. The first-order chi connectivity index (χ1) is 13.3. The lowest BCUT2D eigenvalue weighted by molar-refractivity contribution is 0.112. The van der Waals surface area contributed by atoms with Gasteiger partial charge in [0, 0.05) is 22.5 Å². The average Bonchev–Trinajstić information content (AvgIpc) is 2.64. The topological polar surface area (TPSA) is 58.6 Å². The van der Waals surface area contributed by atoms with E-state index in [0.29, 0.717) is 18.2 Å². The number of hydrogen-bond acceptors (Lipinski definition) is 4. The van der Waals surface area contributed by atoms with Gasteiger partial charge in [-0.1, -0.05) is 25.1 Å². The molecule has 0 bridgehead atoms. The molecule has 1 N–H and O–H groups in total. The zero-order chi connectivity index (χ0) is 20.3. The maximum absolute atomic E-state index is 12.1. The van der Waals surface area contributed by atoms with E-state index in [1.807, 2.05) is 43.3 Å². The largest absolute Gasteiger partial charge is 0.447 e. The predicted octanol–water partition coefficient (Wildman–Crippen LogP) is 5.15. The minimum absolute atomic E-state index is 0.0686. The molecule has 0 fully saturated rings. The van der Waals surface area contributed by atoms with Crippen LogP contribution in [0.5, 0.6) is 0 Å². The third-order valence-corrected chi connectivity index (χ3v) is 5.47. The van der Waals surface area contributed by atoms with E-state index in [4.69, 9.17) is 4.74 Å². The number of hydrogen-bond donors (Lipinski definition) is 1. The Kier molecular flexibility index (Phi) is 5.73. The molecule has 5 nitrogen and oxygen atoms in total. The van der Waals surface area contributed by atoms with Crippen LogP contribution in [0.25, 0.3) is 0 Å². The van der Waals surface area contributed by atoms with Crippen molar-refractivity contribution >= 4 is 23.8 Å². The lowest BCUT2D eigenvalue weighted by Crippen LogP contribution is -2.50. The van der Waals surface area contributed by atoms with E-state index < -0.39 is 6.09 Å². The van der Waals surface area contributed by atoms with E-state index in [0.717, 1.165) is 29.5 Å². The number of carbonyl (C=O) groups is 2. The molecule has 0 aromatic heterocycles. The number of aryl methyl sites for hydroxylation is 1. The lowest BCUT2D eigenvalue weighted by Gasteiger charge is -2.47. The molecule has 1 heterocycles. The molecule has 0 spiro atoms. The van der Waals surface area contributed by atoms with Crippen LogP contribution in [0, 0.1) is 6.92 Å². The van der Waals surface area contributed by atoms with Crippen LogP contribution in [0.15, 0.2) is 42.5 Å². The molecular weight excluding hydrogens is 352 g/mol. The fourth-order valence-electron chi connectivity index (χ4n) is 4.11. The first kappa shape index (κ1) is 19.9. The number of carbonyl (C=O) groups excluding carboxylic acids is 2. The van der Waals surface area contributed by atoms with Crippen molar-refractivity contribution in [2.45, 2.75) is 45.6 Å². The summed E-state index contributed by atoms with van der Waals surface area (Å²) in [5.41, 5.74) is 4.65. The summed E-state index contributed by atoms with van der Waals surface area (Å²) in [6.07, 6.45) is 1.43. The molecule has 5 heteroatoms. The van der Waals surface area contributed by atoms with Crippen molar-refractivity contribution in [2.75, 3.05) is 23.4 Å². The van der Waals surface area contributed by atoms with Crippen molar-refractivity contribution in [3.8, 4) is 0 Å². The van der Waals surface area contributed by atoms with Gasteiger partial charge >= 0.3 is 6.09 Å². The van der Waals surface area contributed by atoms with E-state index in [2.05, 4.69) is 37.1 Å². The third-order valence-electron chi connectivity index (χ3n) is 5.47. The summed E-state index contributed by atoms with van der Waals surface area (Å²) in [4.78, 5) is 25.7. The summed E-state index contributed by atoms with van der Waals surface area (Å²) in [5.74, 6) is 0.364. The number of aldehydes is 1. The number of para-hydroxylation sites is 1. The summed E-state index contributed by atoms with van der Waals surface area (Å²) >= 11 is 0. The minimum atomic E-state index is -0.456. The minimum Gasteiger partial charge on any atom is -0.447 e. The number of nitrogens with one attached hydrogen (secondary N) is 1. The molecule has 1 amide bonds. The molecule has 0 saturated carbocycles. The summed E-state index contributed by atoms with van der Waals surface area (Å²) in [6.45, 7) is 9.45. The van der Waals surface area contributed by atoms with Crippen molar-refractivity contribution in [3.63, 3.8) is 0 Å². The molecule has 1 aliphatic heterocycles. The van der Waals surface area contributed by atoms with Gasteiger partial charge in [-0.25, -0.2) is 4.79 Å². The van der Waals surface area contributed by atoms with Crippen LogP contribution < -0.4 is 10.2 Å². The van der Waals surface area contributed by atoms with Crippen LogP contribution in [0.1, 0.15) is 54.6 Å². The number of fused-ring (bicyclic) bond motifs is 1. The number of ether oxygens (including phenoxy) is 1. The molecule has 0 aliphatic carbocycles. The first-order valence-corrected chi connectivity index (χ1v) is 9.68. The van der Waals surface area contributed by atoms with Crippen LogP contribution in [0.3, 0.4) is 0 Å². The van der Waals surface area contributed by atoms with Gasteiger partial charge in [0.2, 0.25) is 0 Å². The van der Waals surface area contributed by atoms with Crippen LogP contribution >= 0.6 is 0 Å². The molecule has 1 unspecified atom stereocenters. The van der Waals surface area contributed by atoms with Gasteiger partial charge in [-0.15, -0.1) is 0 Å². The van der Waals surface area contributed by atoms with Crippen molar-refractivity contribution in [1.29, 1.82) is 0 Å². The van der Waals surface area contributed by atoms with E-state index in [9.17, 15) is 9.59 Å². The summed E-state index contributed by atoms with van der Waals surface area (Å²) in [7, 11) is 0. The Bertz CT molecular complexity index is 862. The fraction of sp³-hybridized carbons (Fsp3) is 0.391. The van der Waals surface area contributed by atoms with Gasteiger partial charge < -0.3 is 9.64 Å². The second-order valence-electron chi connectivity index (χ2n) is 8.08. The number of rotatable bonds is 5. The number of benzene rings is 2. The normalized spacial score (nSPS) is 17.6. The SMILES string of the molecule is Cc1cc2c(cc1C=O)C(C)CC(C)(C)N2CCOC(=O)Nc1ccccc1. The molecule has 2 aromatic carbocycles. The molecule has 1 aliphatic rings. The highest BCUT2D eigenvalue weighted by atomic mass is 16.5. The number of amides is 1. The summed E-state index contributed by atoms with van der Waals surface area (Å²) in [5, 5.41) is 2.73. The average molecular weight is 380 g/mol. The second-order valence-corrected chi connectivity index (χ2v) is 8.08. The Balaban J connectivity index is 1.72. The molecule has 3 rings (SSSR count). The van der Waals surface area contributed by atoms with Crippen molar-refractivity contribution in [2.24, 2.45) is 0 Å². The lowest BCUT2D eigenvalue weighted by atomic mass is 9.79. The monoisotopic (exact) mass is 380 g/mol. The third kappa shape index (κ3) is 4.19. The van der Waals surface area contributed by atoms with Crippen molar-refractivity contribution in [1.82, 2.24) is 0 Å². The van der Waals surface area contributed by atoms with Gasteiger partial charge in [0.1, 0.15) is 12.9 Å². The Morgan fingerprint density at radius 2 is 2.00 bits per heavy atom. The van der Waals surface area contributed by atoms with Gasteiger partial charge in [0.05, 0.1) is 6.54 Å². The smallest absolute Gasteiger partial charge is 0.411 e. The highest BCUT2D eigenvalue weighted by molar-refractivity contribution is 5.84. The highest BCUT2D eigenvalue weighted by Gasteiger charge is 2.36. The Morgan fingerprint density at radius 3 is 2.68 bits per heavy atom. The first-order valence-electron chi connectivity index (χ1n) is 9.68. The van der Waals surface area contributed by atoms with Crippen molar-refractivity contribution < 1.29 is 14.3 Å². The molecule has 0 radical (unpaired) electrons. The van der Waals surface area contributed by atoms with E-state index >= 15 is 0 Å². The quantitative estimate of drug-likeness (QED) is 0.729. The van der Waals surface area contributed by atoms with Crippen LogP contribution in [0.2, 0.25) is 0 Å². The fourth-order valence-corrected chi connectivity index (χ4v) is 4.11. The summed E-state index contributed by atoms with van der Waals surface area (Å²) < 4.78 is 5.41. The number of nitrogens with zero attached hydrogens (tertiary/aromatic N) is 1. The van der Waals surface area contributed by atoms with Gasteiger partial charge in [-0.3, -0.25) is 10.1 Å². The standard InChI is InChI=1S/C23H28N2O3/c1-16-12-21-20(13-18(16)15-26)17(2)14-23(3,4)25(21)10-11-28-22(27)24-19-8-6-5-7-9-19/h5-9,12-13,15,17H,10-11,14H2,1-4H3,(H,24,27). The van der Waals surface area contributed by atoms with Crippen LogP contribution in [0.4, 0.5) is 16.2 Å². The molecule has 28 heavy (non-hydrogen) atoms. The Morgan fingerprint density at radius 1 is 1.29 bits per heavy atom. The molecule has 1 atom stereocenters. The predicted molar refractivity (Wildman–Crippen MR) is 112 cm³/mol. The highest BCUT2D eigenvalue weighted by Crippen LogP contribution is 2.44.